The summed E-state index contributed by atoms with van der Waals surface area (Å²) in [7, 11) is 6.05. The van der Waals surface area contributed by atoms with Gasteiger partial charge in [-0.3, -0.25) is 0 Å². The number of nitrogens with one attached hydrogen (secondary N) is 2. The van der Waals surface area contributed by atoms with Gasteiger partial charge in [0.15, 0.2) is 0 Å². The van der Waals surface area contributed by atoms with Gasteiger partial charge in [0, 0.05) is 45.6 Å². The van der Waals surface area contributed by atoms with E-state index < -0.39 is 0 Å². The van der Waals surface area contributed by atoms with Crippen LogP contribution in [-0.4, -0.2) is 21.1 Å². The lowest BCUT2D eigenvalue weighted by molar-refractivity contribution is 0.693. The van der Waals surface area contributed by atoms with E-state index >= 15 is 0 Å². The highest BCUT2D eigenvalue weighted by molar-refractivity contribution is 5.46. The number of benzene rings is 2. The molecule has 0 radical (unpaired) electrons. The Kier molecular flexibility index (Phi) is 5.02. The van der Waals surface area contributed by atoms with Crippen molar-refractivity contribution >= 4 is 11.4 Å². The van der Waals surface area contributed by atoms with Gasteiger partial charge in [0.2, 0.25) is 0 Å². The van der Waals surface area contributed by atoms with Crippen molar-refractivity contribution in [2.24, 2.45) is 0 Å². The van der Waals surface area contributed by atoms with Gasteiger partial charge in [-0.15, -0.1) is 0 Å². The van der Waals surface area contributed by atoms with Crippen LogP contribution in [0.1, 0.15) is 11.1 Å². The summed E-state index contributed by atoms with van der Waals surface area (Å²) < 4.78 is 0. The number of rotatable bonds is 6. The van der Waals surface area contributed by atoms with E-state index in [0.717, 1.165) is 18.8 Å². The highest BCUT2D eigenvalue weighted by Crippen LogP contribution is 2.12. The van der Waals surface area contributed by atoms with E-state index in [1.54, 1.807) is 0 Å². The Labute approximate surface area is 121 Å². The van der Waals surface area contributed by atoms with Crippen LogP contribution in [-0.2, 0) is 13.1 Å². The fraction of sp³-hybridized carbons (Fsp3) is 0.294. The number of anilines is 2. The van der Waals surface area contributed by atoms with Crippen LogP contribution in [0.4, 0.5) is 11.4 Å². The van der Waals surface area contributed by atoms with Crippen molar-refractivity contribution in [3.8, 4) is 0 Å². The SMILES string of the molecule is CNc1ccc(CNCc2ccc(N(C)C)cc2)cc1. The zero-order valence-corrected chi connectivity index (χ0v) is 12.5. The lowest BCUT2D eigenvalue weighted by Gasteiger charge is -2.13. The molecule has 2 rings (SSSR count). The Balaban J connectivity index is 1.82. The largest absolute Gasteiger partial charge is 0.388 e. The molecule has 0 aliphatic carbocycles. The van der Waals surface area contributed by atoms with Crippen LogP contribution < -0.4 is 15.5 Å². The average Bonchev–Trinajstić information content (AvgIpc) is 2.48. The third-order valence-corrected chi connectivity index (χ3v) is 3.35. The minimum atomic E-state index is 0.888. The summed E-state index contributed by atoms with van der Waals surface area (Å²) in [4.78, 5) is 2.11. The van der Waals surface area contributed by atoms with Gasteiger partial charge in [0.05, 0.1) is 0 Å². The molecule has 2 N–H and O–H groups in total. The molecule has 0 spiro atoms. The lowest BCUT2D eigenvalue weighted by Crippen LogP contribution is -2.13. The highest BCUT2D eigenvalue weighted by Gasteiger charge is 1.97. The molecule has 0 aromatic heterocycles. The third-order valence-electron chi connectivity index (χ3n) is 3.35. The van der Waals surface area contributed by atoms with Crippen molar-refractivity contribution in [3.63, 3.8) is 0 Å². The molecule has 0 saturated carbocycles. The molecule has 2 aromatic rings. The molecular formula is C17H23N3. The first-order valence-electron chi connectivity index (χ1n) is 6.92. The lowest BCUT2D eigenvalue weighted by atomic mass is 10.1. The molecule has 3 heteroatoms. The summed E-state index contributed by atoms with van der Waals surface area (Å²) >= 11 is 0. The quantitative estimate of drug-likeness (QED) is 0.844. The predicted octanol–water partition coefficient (Wildman–Crippen LogP) is 3.08. The first-order valence-corrected chi connectivity index (χ1v) is 6.92. The summed E-state index contributed by atoms with van der Waals surface area (Å²) in [5.41, 5.74) is 4.99. The van der Waals surface area contributed by atoms with Crippen LogP contribution >= 0.6 is 0 Å². The number of hydrogen-bond donors (Lipinski definition) is 2. The monoisotopic (exact) mass is 269 g/mol. The molecule has 3 nitrogen and oxygen atoms in total. The van der Waals surface area contributed by atoms with Crippen molar-refractivity contribution in [1.29, 1.82) is 0 Å². The summed E-state index contributed by atoms with van der Waals surface area (Å²) in [6.07, 6.45) is 0. The highest BCUT2D eigenvalue weighted by atomic mass is 15.1. The van der Waals surface area contributed by atoms with E-state index in [-0.39, 0.29) is 0 Å². The van der Waals surface area contributed by atoms with E-state index in [1.165, 1.54) is 16.8 Å². The van der Waals surface area contributed by atoms with E-state index in [4.69, 9.17) is 0 Å². The Hall–Kier alpha value is -2.00. The second-order valence-electron chi connectivity index (χ2n) is 5.11. The Morgan fingerprint density at radius 1 is 0.800 bits per heavy atom. The van der Waals surface area contributed by atoms with Gasteiger partial charge in [0.25, 0.3) is 0 Å². The normalized spacial score (nSPS) is 10.3. The maximum Gasteiger partial charge on any atom is 0.0361 e. The molecule has 20 heavy (non-hydrogen) atoms. The van der Waals surface area contributed by atoms with Gasteiger partial charge in [-0.2, -0.15) is 0 Å². The van der Waals surface area contributed by atoms with Crippen LogP contribution in [0, 0.1) is 0 Å². The van der Waals surface area contributed by atoms with Crippen LogP contribution in [0.2, 0.25) is 0 Å². The molecule has 0 atom stereocenters. The molecule has 0 aliphatic rings. The van der Waals surface area contributed by atoms with Crippen LogP contribution in [0.5, 0.6) is 0 Å². The van der Waals surface area contributed by atoms with Gasteiger partial charge in [-0.05, 0) is 35.4 Å². The van der Waals surface area contributed by atoms with E-state index in [1.807, 2.05) is 7.05 Å². The Morgan fingerprint density at radius 2 is 1.30 bits per heavy atom. The van der Waals surface area contributed by atoms with Crippen molar-refractivity contribution in [2.75, 3.05) is 31.4 Å². The molecule has 0 unspecified atom stereocenters. The molecule has 0 heterocycles. The van der Waals surface area contributed by atoms with Crippen molar-refractivity contribution in [2.45, 2.75) is 13.1 Å². The van der Waals surface area contributed by atoms with E-state index in [9.17, 15) is 0 Å². The molecule has 0 fully saturated rings. The molecule has 106 valence electrons. The average molecular weight is 269 g/mol. The third kappa shape index (κ3) is 4.00. The topological polar surface area (TPSA) is 27.3 Å². The minimum Gasteiger partial charge on any atom is -0.388 e. The molecular weight excluding hydrogens is 246 g/mol. The maximum atomic E-state index is 3.47. The Morgan fingerprint density at radius 3 is 1.75 bits per heavy atom. The smallest absolute Gasteiger partial charge is 0.0361 e. The van der Waals surface area contributed by atoms with Gasteiger partial charge in [-0.1, -0.05) is 24.3 Å². The van der Waals surface area contributed by atoms with Crippen LogP contribution in [0.15, 0.2) is 48.5 Å². The van der Waals surface area contributed by atoms with Crippen molar-refractivity contribution in [1.82, 2.24) is 5.32 Å². The van der Waals surface area contributed by atoms with Gasteiger partial charge >= 0.3 is 0 Å². The standard InChI is InChI=1S/C17H23N3/c1-18-16-8-4-14(5-9-16)12-19-13-15-6-10-17(11-7-15)20(2)3/h4-11,18-19H,12-13H2,1-3H3. The Bertz CT molecular complexity index is 515. The van der Waals surface area contributed by atoms with Crippen molar-refractivity contribution < 1.29 is 0 Å². The first-order chi connectivity index (χ1) is 9.69. The second kappa shape index (κ2) is 6.96. The molecule has 0 saturated heterocycles. The van der Waals surface area contributed by atoms with Gasteiger partial charge in [-0.25, -0.2) is 0 Å². The van der Waals surface area contributed by atoms with Crippen LogP contribution in [0.3, 0.4) is 0 Å². The molecule has 0 amide bonds. The second-order valence-corrected chi connectivity index (χ2v) is 5.11. The zero-order valence-electron chi connectivity index (χ0n) is 12.5. The first kappa shape index (κ1) is 14.4. The molecule has 2 aromatic carbocycles. The number of hydrogen-bond acceptors (Lipinski definition) is 3. The minimum absolute atomic E-state index is 0.888. The van der Waals surface area contributed by atoms with E-state index in [2.05, 4.69) is 78.2 Å². The van der Waals surface area contributed by atoms with Gasteiger partial charge < -0.3 is 15.5 Å². The summed E-state index contributed by atoms with van der Waals surface area (Å²) in [5, 5.41) is 6.60. The molecule has 0 bridgehead atoms. The summed E-state index contributed by atoms with van der Waals surface area (Å²) in [6, 6.07) is 17.1. The fourth-order valence-electron chi connectivity index (χ4n) is 2.05. The van der Waals surface area contributed by atoms with Gasteiger partial charge in [0.1, 0.15) is 0 Å². The fourth-order valence-corrected chi connectivity index (χ4v) is 2.05. The predicted molar refractivity (Wildman–Crippen MR) is 87.3 cm³/mol. The molecule has 0 aliphatic heterocycles. The number of nitrogens with zero attached hydrogens (tertiary/aromatic N) is 1. The maximum absolute atomic E-state index is 3.47. The summed E-state index contributed by atoms with van der Waals surface area (Å²) in [6.45, 7) is 1.78. The van der Waals surface area contributed by atoms with E-state index in [0.29, 0.717) is 0 Å². The van der Waals surface area contributed by atoms with Crippen molar-refractivity contribution in [3.05, 3.63) is 59.7 Å². The van der Waals surface area contributed by atoms with Crippen LogP contribution in [0.25, 0.3) is 0 Å². The summed E-state index contributed by atoms with van der Waals surface area (Å²) in [5.74, 6) is 0. The zero-order chi connectivity index (χ0) is 14.4.